The Labute approximate surface area is 316 Å². The van der Waals surface area contributed by atoms with Gasteiger partial charge in [0.25, 0.3) is 0 Å². The Kier molecular flexibility index (Phi) is 17.1. The van der Waals surface area contributed by atoms with E-state index in [0.29, 0.717) is 31.5 Å². The largest absolute Gasteiger partial charge is 0.388 e. The molecule has 4 aromatic rings. The molecule has 1 saturated carbocycles. The number of hydrogen-bond donors (Lipinski definition) is 3. The normalized spacial score (nSPS) is 21.4. The smallest absolute Gasteiger partial charge is 0.166 e. The molecule has 0 aromatic heterocycles. The van der Waals surface area contributed by atoms with Crippen molar-refractivity contribution in [2.45, 2.75) is 115 Å². The summed E-state index contributed by atoms with van der Waals surface area (Å²) < 4.78 is 27.0. The van der Waals surface area contributed by atoms with E-state index in [1.807, 2.05) is 121 Å². The van der Waals surface area contributed by atoms with Crippen molar-refractivity contribution in [3.63, 3.8) is 0 Å². The van der Waals surface area contributed by atoms with Crippen LogP contribution >= 0.6 is 12.2 Å². The van der Waals surface area contributed by atoms with E-state index in [-0.39, 0.29) is 0 Å². The van der Waals surface area contributed by atoms with Crippen molar-refractivity contribution in [1.82, 2.24) is 10.6 Å². The molecule has 7 nitrogen and oxygen atoms in total. The van der Waals surface area contributed by atoms with Crippen molar-refractivity contribution in [3.8, 4) is 0 Å². The van der Waals surface area contributed by atoms with Gasteiger partial charge in [-0.3, -0.25) is 0 Å². The van der Waals surface area contributed by atoms with Crippen LogP contribution in [0.3, 0.4) is 0 Å². The first-order chi connectivity index (χ1) is 25.6. The quantitative estimate of drug-likeness (QED) is 0.0586. The standard InChI is InChI=1S/C44H56N2O5S/c1-2-3-4-5-6-7-20-29-45-44(52)46-38-39(47)41(49-31-35-23-14-9-15-24-35)43(51-33-37-27-18-11-19-28-37)42(50-32-36-25-16-10-17-26-36)40(38)48-30-34-21-12-8-13-22-34/h8-19,21-28,38-43,47H,2-7,20,29-33H2,1H3,(H2,45,46,52)/t38-,39-,40+,41+,42-,43-/m1/s1. The molecule has 3 N–H and O–H groups in total. The molecule has 5 rings (SSSR count). The van der Waals surface area contributed by atoms with Crippen molar-refractivity contribution in [3.05, 3.63) is 144 Å². The van der Waals surface area contributed by atoms with Gasteiger partial charge in [-0.25, -0.2) is 0 Å². The van der Waals surface area contributed by atoms with E-state index in [9.17, 15) is 5.11 Å². The minimum Gasteiger partial charge on any atom is -0.388 e. The van der Waals surface area contributed by atoms with Gasteiger partial charge in [0.1, 0.15) is 30.5 Å². The fraction of sp³-hybridized carbons (Fsp3) is 0.432. The van der Waals surface area contributed by atoms with Crippen LogP contribution in [0.4, 0.5) is 0 Å². The average molecular weight is 725 g/mol. The van der Waals surface area contributed by atoms with Crippen LogP contribution in [0, 0.1) is 0 Å². The average Bonchev–Trinajstić information content (AvgIpc) is 3.19. The predicted octanol–water partition coefficient (Wildman–Crippen LogP) is 8.29. The summed E-state index contributed by atoms with van der Waals surface area (Å²) in [6.45, 7) is 4.25. The van der Waals surface area contributed by atoms with E-state index >= 15 is 0 Å². The fourth-order valence-electron chi connectivity index (χ4n) is 6.66. The summed E-state index contributed by atoms with van der Waals surface area (Å²) in [5.74, 6) is 0. The molecule has 6 atom stereocenters. The lowest BCUT2D eigenvalue weighted by molar-refractivity contribution is -0.249. The third-order valence-corrected chi connectivity index (χ3v) is 9.80. The van der Waals surface area contributed by atoms with Gasteiger partial charge in [-0.15, -0.1) is 0 Å². The maximum Gasteiger partial charge on any atom is 0.166 e. The van der Waals surface area contributed by atoms with Crippen molar-refractivity contribution in [2.24, 2.45) is 0 Å². The molecule has 0 bridgehead atoms. The number of unbranched alkanes of at least 4 members (excludes halogenated alkanes) is 6. The molecular weight excluding hydrogens is 669 g/mol. The highest BCUT2D eigenvalue weighted by molar-refractivity contribution is 7.80. The molecule has 52 heavy (non-hydrogen) atoms. The monoisotopic (exact) mass is 724 g/mol. The molecule has 278 valence electrons. The zero-order chi connectivity index (χ0) is 36.2. The summed E-state index contributed by atoms with van der Waals surface area (Å²) >= 11 is 5.86. The maximum atomic E-state index is 12.3. The maximum absolute atomic E-state index is 12.3. The van der Waals surface area contributed by atoms with Crippen LogP contribution in [-0.2, 0) is 45.4 Å². The Hall–Kier alpha value is -3.63. The van der Waals surface area contributed by atoms with Gasteiger partial charge < -0.3 is 34.7 Å². The number of aliphatic hydroxyl groups excluding tert-OH is 1. The molecule has 8 heteroatoms. The first kappa shape index (κ1) is 39.6. The zero-order valence-electron chi connectivity index (χ0n) is 30.5. The highest BCUT2D eigenvalue weighted by atomic mass is 32.1. The molecule has 0 amide bonds. The molecule has 0 unspecified atom stereocenters. The Bertz CT molecular complexity index is 1530. The van der Waals surface area contributed by atoms with Crippen LogP contribution in [0.15, 0.2) is 121 Å². The second-order valence-electron chi connectivity index (χ2n) is 13.6. The number of ether oxygens (including phenoxy) is 4. The van der Waals surface area contributed by atoms with Gasteiger partial charge in [0.15, 0.2) is 5.11 Å². The predicted molar refractivity (Wildman–Crippen MR) is 212 cm³/mol. The molecule has 0 spiro atoms. The van der Waals surface area contributed by atoms with Crippen LogP contribution in [-0.4, -0.2) is 53.3 Å². The first-order valence-corrected chi connectivity index (χ1v) is 19.4. The van der Waals surface area contributed by atoms with Crippen LogP contribution in [0.5, 0.6) is 0 Å². The van der Waals surface area contributed by atoms with Gasteiger partial charge in [-0.2, -0.15) is 0 Å². The van der Waals surface area contributed by atoms with Crippen molar-refractivity contribution in [2.75, 3.05) is 6.54 Å². The van der Waals surface area contributed by atoms with Crippen molar-refractivity contribution < 1.29 is 24.1 Å². The summed E-state index contributed by atoms with van der Waals surface area (Å²) in [7, 11) is 0. The Morgan fingerprint density at radius 3 is 1.33 bits per heavy atom. The molecule has 0 heterocycles. The number of rotatable bonds is 21. The lowest BCUT2D eigenvalue weighted by atomic mass is 9.82. The Morgan fingerprint density at radius 1 is 0.519 bits per heavy atom. The van der Waals surface area contributed by atoms with Crippen LogP contribution in [0.1, 0.15) is 74.1 Å². The number of hydrogen-bond acceptors (Lipinski definition) is 6. The van der Waals surface area contributed by atoms with E-state index in [0.717, 1.165) is 41.6 Å². The van der Waals surface area contributed by atoms with Crippen LogP contribution in [0.2, 0.25) is 0 Å². The van der Waals surface area contributed by atoms with Gasteiger partial charge in [0, 0.05) is 6.54 Å². The molecule has 0 radical (unpaired) electrons. The third-order valence-electron chi connectivity index (χ3n) is 9.53. The van der Waals surface area contributed by atoms with E-state index in [2.05, 4.69) is 17.6 Å². The van der Waals surface area contributed by atoms with Crippen LogP contribution < -0.4 is 10.6 Å². The zero-order valence-corrected chi connectivity index (χ0v) is 31.3. The van der Waals surface area contributed by atoms with E-state index < -0.39 is 36.6 Å². The van der Waals surface area contributed by atoms with Crippen LogP contribution in [0.25, 0.3) is 0 Å². The lowest BCUT2D eigenvalue weighted by Gasteiger charge is -2.49. The SMILES string of the molecule is CCCCCCCCCNC(=S)N[C@@H]1[C@@H](O)[C@H](OCc2ccccc2)[C@@H](OCc2ccccc2)[C@H](OCc2ccccc2)[C@H]1OCc1ccccc1. The van der Waals surface area contributed by atoms with Gasteiger partial charge >= 0.3 is 0 Å². The first-order valence-electron chi connectivity index (χ1n) is 19.0. The molecule has 0 aliphatic heterocycles. The fourth-order valence-corrected chi connectivity index (χ4v) is 6.90. The van der Waals surface area contributed by atoms with E-state index in [1.54, 1.807) is 0 Å². The van der Waals surface area contributed by atoms with Crippen molar-refractivity contribution >= 4 is 17.3 Å². The molecule has 0 saturated heterocycles. The number of aliphatic hydroxyl groups is 1. The summed E-state index contributed by atoms with van der Waals surface area (Å²) in [4.78, 5) is 0. The van der Waals surface area contributed by atoms with Gasteiger partial charge in [0.2, 0.25) is 0 Å². The third kappa shape index (κ3) is 12.8. The molecule has 4 aromatic carbocycles. The van der Waals surface area contributed by atoms with Gasteiger partial charge in [-0.1, -0.05) is 167 Å². The highest BCUT2D eigenvalue weighted by Crippen LogP contribution is 2.33. The Balaban J connectivity index is 1.41. The second kappa shape index (κ2) is 22.4. The topological polar surface area (TPSA) is 81.2 Å². The number of thiocarbonyl (C=S) groups is 1. The van der Waals surface area contributed by atoms with E-state index in [4.69, 9.17) is 31.2 Å². The molecular formula is C44H56N2O5S. The summed E-state index contributed by atoms with van der Waals surface area (Å²) in [6, 6.07) is 39.5. The minimum atomic E-state index is -1.04. The van der Waals surface area contributed by atoms with Crippen molar-refractivity contribution in [1.29, 1.82) is 0 Å². The second-order valence-corrected chi connectivity index (χ2v) is 14.0. The summed E-state index contributed by atoms with van der Waals surface area (Å²) in [5.41, 5.74) is 4.05. The Morgan fingerprint density at radius 2 is 0.885 bits per heavy atom. The lowest BCUT2D eigenvalue weighted by Crippen LogP contribution is -2.70. The highest BCUT2D eigenvalue weighted by Gasteiger charge is 2.53. The summed E-state index contributed by atoms with van der Waals surface area (Å²) in [6.07, 6.45) is 4.78. The number of benzene rings is 4. The summed E-state index contributed by atoms with van der Waals surface area (Å²) in [5, 5.41) is 19.6. The number of nitrogens with one attached hydrogen (secondary N) is 2. The minimum absolute atomic E-state index is 0.294. The molecule has 1 fully saturated rings. The van der Waals surface area contributed by atoms with E-state index in [1.165, 1.54) is 32.1 Å². The van der Waals surface area contributed by atoms with Gasteiger partial charge in [-0.05, 0) is 40.9 Å². The molecule has 1 aliphatic rings. The molecule has 1 aliphatic carbocycles. The van der Waals surface area contributed by atoms with Gasteiger partial charge in [0.05, 0.1) is 32.5 Å².